The number of aryl methyl sites for hydroxylation is 1. The van der Waals surface area contributed by atoms with Crippen LogP contribution in [0.2, 0.25) is 5.02 Å². The number of piperazine rings is 1. The van der Waals surface area contributed by atoms with E-state index in [1.807, 2.05) is 29.7 Å². The van der Waals surface area contributed by atoms with E-state index in [-0.39, 0.29) is 0 Å². The van der Waals surface area contributed by atoms with Gasteiger partial charge in [0.1, 0.15) is 5.65 Å². The molecule has 0 radical (unpaired) electrons. The summed E-state index contributed by atoms with van der Waals surface area (Å²) in [6.07, 6.45) is 1.03. The van der Waals surface area contributed by atoms with E-state index < -0.39 is 6.09 Å². The Morgan fingerprint density at radius 2 is 2.05 bits per heavy atom. The molecule has 7 heteroatoms. The third-order valence-electron chi connectivity index (χ3n) is 3.90. The van der Waals surface area contributed by atoms with Crippen LogP contribution in [0, 0.1) is 6.92 Å². The number of pyridine rings is 1. The minimum absolute atomic E-state index is 0.547. The Morgan fingerprint density at radius 3 is 2.71 bits per heavy atom. The lowest BCUT2D eigenvalue weighted by Crippen LogP contribution is -2.47. The first-order chi connectivity index (χ1) is 10.0. The Kier molecular flexibility index (Phi) is 3.73. The maximum Gasteiger partial charge on any atom is 0.407 e. The second-order valence-corrected chi connectivity index (χ2v) is 5.70. The number of fused-ring (bicyclic) bond motifs is 1. The summed E-state index contributed by atoms with van der Waals surface area (Å²) in [7, 11) is 0. The van der Waals surface area contributed by atoms with Crippen molar-refractivity contribution in [2.45, 2.75) is 13.5 Å². The smallest absolute Gasteiger partial charge is 0.407 e. The van der Waals surface area contributed by atoms with E-state index in [1.165, 1.54) is 4.90 Å². The molecule has 1 saturated heterocycles. The molecule has 6 nitrogen and oxygen atoms in total. The maximum absolute atomic E-state index is 10.9. The van der Waals surface area contributed by atoms with Crippen LogP contribution in [-0.4, -0.2) is 56.6 Å². The van der Waals surface area contributed by atoms with E-state index in [0.29, 0.717) is 18.1 Å². The van der Waals surface area contributed by atoms with Gasteiger partial charge in [-0.3, -0.25) is 4.90 Å². The highest BCUT2D eigenvalue weighted by molar-refractivity contribution is 6.30. The average molecular weight is 309 g/mol. The Morgan fingerprint density at radius 1 is 1.33 bits per heavy atom. The van der Waals surface area contributed by atoms with Crippen molar-refractivity contribution in [1.82, 2.24) is 19.2 Å². The lowest BCUT2D eigenvalue weighted by atomic mass is 10.2. The molecule has 2 aromatic rings. The van der Waals surface area contributed by atoms with E-state index in [4.69, 9.17) is 16.7 Å². The first-order valence-electron chi connectivity index (χ1n) is 6.88. The molecule has 21 heavy (non-hydrogen) atoms. The number of imidazole rings is 1. The molecule has 0 atom stereocenters. The Hall–Kier alpha value is -1.79. The summed E-state index contributed by atoms with van der Waals surface area (Å²) in [6, 6.07) is 3.74. The van der Waals surface area contributed by atoms with Crippen LogP contribution in [-0.2, 0) is 6.54 Å². The summed E-state index contributed by atoms with van der Waals surface area (Å²) in [5.74, 6) is 0. The third kappa shape index (κ3) is 2.82. The topological polar surface area (TPSA) is 61.1 Å². The van der Waals surface area contributed by atoms with Crippen molar-refractivity contribution in [3.8, 4) is 0 Å². The van der Waals surface area contributed by atoms with Crippen molar-refractivity contribution in [3.63, 3.8) is 0 Å². The molecule has 1 aliphatic heterocycles. The van der Waals surface area contributed by atoms with E-state index in [2.05, 4.69) is 9.88 Å². The summed E-state index contributed by atoms with van der Waals surface area (Å²) < 4.78 is 2.02. The van der Waals surface area contributed by atoms with E-state index >= 15 is 0 Å². The monoisotopic (exact) mass is 308 g/mol. The molecule has 2 aromatic heterocycles. The summed E-state index contributed by atoms with van der Waals surface area (Å²) >= 11 is 6.06. The molecule has 3 rings (SSSR count). The van der Waals surface area contributed by atoms with E-state index in [1.54, 1.807) is 0 Å². The van der Waals surface area contributed by atoms with Crippen LogP contribution in [0.4, 0.5) is 4.79 Å². The molecule has 0 aliphatic carbocycles. The van der Waals surface area contributed by atoms with Gasteiger partial charge >= 0.3 is 6.09 Å². The number of carboxylic acid groups (broad SMARTS) is 1. The molecule has 0 saturated carbocycles. The first-order valence-corrected chi connectivity index (χ1v) is 7.25. The summed E-state index contributed by atoms with van der Waals surface area (Å²) in [4.78, 5) is 19.2. The lowest BCUT2D eigenvalue weighted by Gasteiger charge is -2.33. The SMILES string of the molecule is Cc1nc2ccc(Cl)cn2c1CN1CCN(C(=O)O)CC1. The van der Waals surface area contributed by atoms with Gasteiger partial charge in [0.05, 0.1) is 16.4 Å². The maximum atomic E-state index is 10.9. The minimum atomic E-state index is -0.840. The summed E-state index contributed by atoms with van der Waals surface area (Å²) in [6.45, 7) is 5.31. The predicted molar refractivity (Wildman–Crippen MR) is 79.8 cm³/mol. The van der Waals surface area contributed by atoms with Crippen molar-refractivity contribution >= 4 is 23.3 Å². The fraction of sp³-hybridized carbons (Fsp3) is 0.429. The van der Waals surface area contributed by atoms with Crippen molar-refractivity contribution < 1.29 is 9.90 Å². The second-order valence-electron chi connectivity index (χ2n) is 5.27. The standard InChI is InChI=1S/C14H17ClN4O2/c1-10-12(19-8-11(15)2-3-13(19)16-10)9-17-4-6-18(7-5-17)14(20)21/h2-3,8H,4-7,9H2,1H3,(H,20,21). The van der Waals surface area contributed by atoms with Gasteiger partial charge in [-0.1, -0.05) is 11.6 Å². The zero-order valence-corrected chi connectivity index (χ0v) is 12.5. The highest BCUT2D eigenvalue weighted by Crippen LogP contribution is 2.18. The number of nitrogens with zero attached hydrogens (tertiary/aromatic N) is 4. The van der Waals surface area contributed by atoms with Crippen molar-refractivity contribution in [3.05, 3.63) is 34.7 Å². The quantitative estimate of drug-likeness (QED) is 0.923. The van der Waals surface area contributed by atoms with E-state index in [9.17, 15) is 4.79 Å². The van der Waals surface area contributed by atoms with Gasteiger partial charge in [0.2, 0.25) is 0 Å². The minimum Gasteiger partial charge on any atom is -0.465 e. The highest BCUT2D eigenvalue weighted by atomic mass is 35.5. The average Bonchev–Trinajstić information content (AvgIpc) is 2.76. The Labute approximate surface area is 127 Å². The van der Waals surface area contributed by atoms with Gasteiger partial charge in [-0.25, -0.2) is 9.78 Å². The van der Waals surface area contributed by atoms with Crippen LogP contribution in [0.1, 0.15) is 11.4 Å². The number of halogens is 1. The van der Waals surface area contributed by atoms with Gasteiger partial charge in [0.25, 0.3) is 0 Å². The van der Waals surface area contributed by atoms with Gasteiger partial charge < -0.3 is 14.4 Å². The zero-order valence-electron chi connectivity index (χ0n) is 11.8. The van der Waals surface area contributed by atoms with Crippen molar-refractivity contribution in [1.29, 1.82) is 0 Å². The Balaban J connectivity index is 1.78. The normalized spacial score (nSPS) is 16.6. The molecule has 0 unspecified atom stereocenters. The van der Waals surface area contributed by atoms with Gasteiger partial charge in [0, 0.05) is 38.9 Å². The number of amides is 1. The van der Waals surface area contributed by atoms with Gasteiger partial charge in [-0.15, -0.1) is 0 Å². The summed E-state index contributed by atoms with van der Waals surface area (Å²) in [5, 5.41) is 9.65. The molecule has 1 fully saturated rings. The molecular weight excluding hydrogens is 292 g/mol. The number of hydrogen-bond acceptors (Lipinski definition) is 3. The number of aromatic nitrogens is 2. The molecule has 3 heterocycles. The van der Waals surface area contributed by atoms with Crippen LogP contribution in [0.15, 0.2) is 18.3 Å². The highest BCUT2D eigenvalue weighted by Gasteiger charge is 2.22. The fourth-order valence-electron chi connectivity index (χ4n) is 2.68. The van der Waals surface area contributed by atoms with Gasteiger partial charge in [0.15, 0.2) is 0 Å². The molecule has 1 amide bonds. The molecule has 0 spiro atoms. The van der Waals surface area contributed by atoms with Crippen LogP contribution in [0.3, 0.4) is 0 Å². The molecule has 1 N–H and O–H groups in total. The van der Waals surface area contributed by atoms with Crippen molar-refractivity contribution in [2.75, 3.05) is 26.2 Å². The fourth-order valence-corrected chi connectivity index (χ4v) is 2.85. The molecule has 0 aromatic carbocycles. The largest absolute Gasteiger partial charge is 0.465 e. The van der Waals surface area contributed by atoms with Crippen LogP contribution in [0.5, 0.6) is 0 Å². The Bertz CT molecular complexity index is 677. The zero-order chi connectivity index (χ0) is 15.0. The van der Waals surface area contributed by atoms with Gasteiger partial charge in [-0.2, -0.15) is 0 Å². The van der Waals surface area contributed by atoms with Crippen molar-refractivity contribution in [2.24, 2.45) is 0 Å². The third-order valence-corrected chi connectivity index (χ3v) is 4.12. The van der Waals surface area contributed by atoms with Crippen LogP contribution < -0.4 is 0 Å². The predicted octanol–water partition coefficient (Wildman–Crippen LogP) is 2.09. The lowest BCUT2D eigenvalue weighted by molar-refractivity contribution is 0.102. The molecule has 1 aliphatic rings. The number of hydrogen-bond donors (Lipinski definition) is 1. The number of rotatable bonds is 2. The molecule has 0 bridgehead atoms. The second kappa shape index (κ2) is 5.54. The first kappa shape index (κ1) is 14.2. The summed E-state index contributed by atoms with van der Waals surface area (Å²) in [5.41, 5.74) is 2.98. The van der Waals surface area contributed by atoms with Crippen LogP contribution >= 0.6 is 11.6 Å². The molecule has 112 valence electrons. The number of carbonyl (C=O) groups is 1. The van der Waals surface area contributed by atoms with Crippen LogP contribution in [0.25, 0.3) is 5.65 Å². The van der Waals surface area contributed by atoms with Gasteiger partial charge in [-0.05, 0) is 19.1 Å². The molecular formula is C14H17ClN4O2. The van der Waals surface area contributed by atoms with E-state index in [0.717, 1.165) is 36.7 Å².